The number of pyridine rings is 1. The summed E-state index contributed by atoms with van der Waals surface area (Å²) in [5, 5.41) is 4.25. The minimum Gasteiger partial charge on any atom is -0.309 e. The van der Waals surface area contributed by atoms with Crippen molar-refractivity contribution in [1.82, 2.24) is 10.3 Å². The van der Waals surface area contributed by atoms with Crippen molar-refractivity contribution < 1.29 is 4.39 Å². The second kappa shape index (κ2) is 5.62. The van der Waals surface area contributed by atoms with Crippen LogP contribution in [-0.2, 0) is 0 Å². The van der Waals surface area contributed by atoms with Gasteiger partial charge in [0, 0.05) is 17.1 Å². The standard InChI is InChI=1S/C18H17FN2/c1-12-6-5-8-15(17(12)19)18(20-2)14-10-13-7-3-4-9-16(13)21-11-14/h3-11,18,20H,1-2H3. The third-order valence-corrected chi connectivity index (χ3v) is 3.77. The highest BCUT2D eigenvalue weighted by Gasteiger charge is 2.17. The van der Waals surface area contributed by atoms with Crippen LogP contribution in [0.4, 0.5) is 4.39 Å². The summed E-state index contributed by atoms with van der Waals surface area (Å²) in [5.41, 5.74) is 3.21. The molecule has 0 amide bonds. The minimum absolute atomic E-state index is 0.162. The van der Waals surface area contributed by atoms with Crippen molar-refractivity contribution in [2.75, 3.05) is 7.05 Å². The molecule has 1 N–H and O–H groups in total. The van der Waals surface area contributed by atoms with Gasteiger partial charge in [-0.1, -0.05) is 36.4 Å². The van der Waals surface area contributed by atoms with E-state index in [1.165, 1.54) is 0 Å². The maximum absolute atomic E-state index is 14.4. The van der Waals surface area contributed by atoms with Gasteiger partial charge in [-0.3, -0.25) is 4.98 Å². The first-order chi connectivity index (χ1) is 10.2. The summed E-state index contributed by atoms with van der Waals surface area (Å²) in [5.74, 6) is -0.162. The van der Waals surface area contributed by atoms with Crippen LogP contribution < -0.4 is 5.32 Å². The largest absolute Gasteiger partial charge is 0.309 e. The number of rotatable bonds is 3. The lowest BCUT2D eigenvalue weighted by atomic mass is 9.97. The zero-order valence-corrected chi connectivity index (χ0v) is 12.1. The molecule has 1 aromatic heterocycles. The SMILES string of the molecule is CNC(c1cnc2ccccc2c1)c1cccc(C)c1F. The zero-order valence-electron chi connectivity index (χ0n) is 12.1. The van der Waals surface area contributed by atoms with Crippen LogP contribution in [0.5, 0.6) is 0 Å². The normalized spacial score (nSPS) is 12.5. The monoisotopic (exact) mass is 280 g/mol. The fraction of sp³-hybridized carbons (Fsp3) is 0.167. The number of aryl methyl sites for hydroxylation is 1. The molecule has 2 nitrogen and oxygen atoms in total. The third kappa shape index (κ3) is 2.52. The van der Waals surface area contributed by atoms with Gasteiger partial charge in [-0.15, -0.1) is 0 Å². The summed E-state index contributed by atoms with van der Waals surface area (Å²) in [7, 11) is 1.83. The highest BCUT2D eigenvalue weighted by Crippen LogP contribution is 2.27. The average molecular weight is 280 g/mol. The molecule has 106 valence electrons. The number of fused-ring (bicyclic) bond motifs is 1. The van der Waals surface area contributed by atoms with Gasteiger partial charge in [0.05, 0.1) is 11.6 Å². The number of hydrogen-bond donors (Lipinski definition) is 1. The topological polar surface area (TPSA) is 24.9 Å². The van der Waals surface area contributed by atoms with Crippen LogP contribution in [-0.4, -0.2) is 12.0 Å². The maximum atomic E-state index is 14.4. The number of aromatic nitrogens is 1. The van der Waals surface area contributed by atoms with E-state index in [2.05, 4.69) is 16.4 Å². The van der Waals surface area contributed by atoms with Crippen molar-refractivity contribution in [3.8, 4) is 0 Å². The second-order valence-electron chi connectivity index (χ2n) is 5.16. The number of para-hydroxylation sites is 1. The van der Waals surface area contributed by atoms with E-state index in [1.807, 2.05) is 49.6 Å². The van der Waals surface area contributed by atoms with E-state index in [9.17, 15) is 4.39 Å². The molecule has 0 aliphatic carbocycles. The Labute approximate surface area is 123 Å². The average Bonchev–Trinajstić information content (AvgIpc) is 2.52. The smallest absolute Gasteiger partial charge is 0.131 e. The molecule has 0 bridgehead atoms. The molecule has 3 aromatic rings. The summed E-state index contributed by atoms with van der Waals surface area (Å²) in [6.45, 7) is 1.78. The number of nitrogens with zero attached hydrogens (tertiary/aromatic N) is 1. The molecule has 2 aromatic carbocycles. The number of halogens is 1. The van der Waals surface area contributed by atoms with Crippen molar-refractivity contribution in [2.45, 2.75) is 13.0 Å². The Hall–Kier alpha value is -2.26. The van der Waals surface area contributed by atoms with E-state index in [4.69, 9.17) is 0 Å². The first-order valence-corrected chi connectivity index (χ1v) is 6.97. The summed E-state index contributed by atoms with van der Waals surface area (Å²) in [4.78, 5) is 4.47. The molecule has 3 heteroatoms. The van der Waals surface area contributed by atoms with Crippen molar-refractivity contribution in [2.24, 2.45) is 0 Å². The Bertz CT molecular complexity index is 783. The molecule has 1 atom stereocenters. The third-order valence-electron chi connectivity index (χ3n) is 3.77. The lowest BCUT2D eigenvalue weighted by Crippen LogP contribution is -2.19. The Kier molecular flexibility index (Phi) is 3.67. The fourth-order valence-corrected chi connectivity index (χ4v) is 2.64. The number of hydrogen-bond acceptors (Lipinski definition) is 2. The predicted molar refractivity (Wildman–Crippen MR) is 83.8 cm³/mol. The molecule has 0 fully saturated rings. The molecule has 3 rings (SSSR count). The molecule has 1 heterocycles. The molecular formula is C18H17FN2. The summed E-state index contributed by atoms with van der Waals surface area (Å²) < 4.78 is 14.4. The molecule has 0 radical (unpaired) electrons. The zero-order chi connectivity index (χ0) is 14.8. The van der Waals surface area contributed by atoms with Crippen molar-refractivity contribution in [3.63, 3.8) is 0 Å². The van der Waals surface area contributed by atoms with E-state index < -0.39 is 0 Å². The predicted octanol–water partition coefficient (Wildman–Crippen LogP) is 3.99. The maximum Gasteiger partial charge on any atom is 0.131 e. The van der Waals surface area contributed by atoms with Gasteiger partial charge in [0.2, 0.25) is 0 Å². The molecule has 1 unspecified atom stereocenters. The van der Waals surface area contributed by atoms with Gasteiger partial charge in [0.1, 0.15) is 5.82 Å². The molecular weight excluding hydrogens is 263 g/mol. The molecule has 0 aliphatic heterocycles. The first kappa shape index (κ1) is 13.7. The minimum atomic E-state index is -0.206. The first-order valence-electron chi connectivity index (χ1n) is 6.97. The van der Waals surface area contributed by atoms with E-state index in [-0.39, 0.29) is 11.9 Å². The van der Waals surface area contributed by atoms with Crippen molar-refractivity contribution in [3.05, 3.63) is 77.2 Å². The van der Waals surface area contributed by atoms with E-state index in [0.29, 0.717) is 11.1 Å². The fourth-order valence-electron chi connectivity index (χ4n) is 2.64. The van der Waals surface area contributed by atoms with Crippen LogP contribution in [0.25, 0.3) is 10.9 Å². The number of nitrogens with one attached hydrogen (secondary N) is 1. The lowest BCUT2D eigenvalue weighted by molar-refractivity contribution is 0.569. The van der Waals surface area contributed by atoms with E-state index in [1.54, 1.807) is 13.0 Å². The molecule has 0 saturated carbocycles. The highest BCUT2D eigenvalue weighted by molar-refractivity contribution is 5.79. The van der Waals surface area contributed by atoms with Crippen LogP contribution in [0.3, 0.4) is 0 Å². The van der Waals surface area contributed by atoms with Gasteiger partial charge in [-0.2, -0.15) is 0 Å². The Morgan fingerprint density at radius 2 is 1.90 bits per heavy atom. The summed E-state index contributed by atoms with van der Waals surface area (Å²) in [6, 6.07) is 15.3. The van der Waals surface area contributed by atoms with Gasteiger partial charge >= 0.3 is 0 Å². The van der Waals surface area contributed by atoms with Crippen LogP contribution in [0.1, 0.15) is 22.7 Å². The van der Waals surface area contributed by atoms with Gasteiger partial charge in [0.15, 0.2) is 0 Å². The van der Waals surface area contributed by atoms with Crippen LogP contribution in [0, 0.1) is 12.7 Å². The van der Waals surface area contributed by atoms with Crippen LogP contribution in [0.2, 0.25) is 0 Å². The Morgan fingerprint density at radius 3 is 2.71 bits per heavy atom. The van der Waals surface area contributed by atoms with Crippen LogP contribution >= 0.6 is 0 Å². The second-order valence-corrected chi connectivity index (χ2v) is 5.16. The van der Waals surface area contributed by atoms with E-state index >= 15 is 0 Å². The van der Waals surface area contributed by atoms with Gasteiger partial charge in [-0.25, -0.2) is 4.39 Å². The molecule has 21 heavy (non-hydrogen) atoms. The van der Waals surface area contributed by atoms with Gasteiger partial charge in [0.25, 0.3) is 0 Å². The summed E-state index contributed by atoms with van der Waals surface area (Å²) in [6.07, 6.45) is 1.81. The molecule has 0 spiro atoms. The highest BCUT2D eigenvalue weighted by atomic mass is 19.1. The molecule has 0 saturated heterocycles. The van der Waals surface area contributed by atoms with Crippen molar-refractivity contribution >= 4 is 10.9 Å². The molecule has 0 aliphatic rings. The van der Waals surface area contributed by atoms with Crippen LogP contribution in [0.15, 0.2) is 54.7 Å². The Morgan fingerprint density at radius 1 is 1.10 bits per heavy atom. The Balaban J connectivity index is 2.11. The van der Waals surface area contributed by atoms with Crippen molar-refractivity contribution in [1.29, 1.82) is 0 Å². The van der Waals surface area contributed by atoms with Gasteiger partial charge < -0.3 is 5.32 Å². The quantitative estimate of drug-likeness (QED) is 0.784. The number of benzene rings is 2. The van der Waals surface area contributed by atoms with E-state index in [0.717, 1.165) is 16.5 Å². The lowest BCUT2D eigenvalue weighted by Gasteiger charge is -2.19. The van der Waals surface area contributed by atoms with Gasteiger partial charge in [-0.05, 0) is 37.2 Å². The summed E-state index contributed by atoms with van der Waals surface area (Å²) >= 11 is 0.